The van der Waals surface area contributed by atoms with Crippen molar-refractivity contribution in [1.82, 2.24) is 10.2 Å². The smallest absolute Gasteiger partial charge is 0.313 e. The Hall–Kier alpha value is -1.40. The first-order chi connectivity index (χ1) is 6.83. The molecule has 0 fully saturated rings. The molecule has 0 amide bonds. The average molecular weight is 223 g/mol. The minimum Gasteiger partial charge on any atom is -0.403 e. The largest absolute Gasteiger partial charge is 0.403 e. The molecule has 6 heteroatoms. The number of nitrogen functional groups attached to an aromatic ring is 1. The van der Waals surface area contributed by atoms with Crippen LogP contribution in [0.15, 0.2) is 21.9 Å². The molecule has 0 unspecified atom stereocenters. The van der Waals surface area contributed by atoms with E-state index in [1.165, 1.54) is 9.40 Å². The maximum Gasteiger partial charge on any atom is 0.313 e. The van der Waals surface area contributed by atoms with E-state index in [1.807, 2.05) is 6.07 Å². The van der Waals surface area contributed by atoms with Crippen LogP contribution in [0.5, 0.6) is 0 Å². The van der Waals surface area contributed by atoms with Crippen LogP contribution in [0.1, 0.15) is 0 Å². The van der Waals surface area contributed by atoms with Crippen molar-refractivity contribution in [2.75, 3.05) is 5.73 Å². The third-order valence-corrected chi connectivity index (χ3v) is 3.87. The van der Waals surface area contributed by atoms with E-state index in [-0.39, 0.29) is 6.01 Å². The lowest BCUT2D eigenvalue weighted by molar-refractivity contribution is 0.592. The van der Waals surface area contributed by atoms with E-state index in [0.717, 1.165) is 4.88 Å². The average Bonchev–Trinajstić information content (AvgIpc) is 2.75. The fourth-order valence-corrected chi connectivity index (χ4v) is 3.24. The first kappa shape index (κ1) is 7.95. The van der Waals surface area contributed by atoms with Crippen LogP contribution in [0.4, 0.5) is 6.01 Å². The minimum absolute atomic E-state index is 0.108. The molecule has 3 heterocycles. The third-order valence-electron chi connectivity index (χ3n) is 1.79. The van der Waals surface area contributed by atoms with Gasteiger partial charge in [-0.25, -0.2) is 0 Å². The van der Waals surface area contributed by atoms with E-state index in [1.54, 1.807) is 22.7 Å². The molecule has 14 heavy (non-hydrogen) atoms. The maximum atomic E-state index is 5.35. The number of hydrogen-bond acceptors (Lipinski definition) is 6. The van der Waals surface area contributed by atoms with Crippen LogP contribution >= 0.6 is 22.7 Å². The number of thiophene rings is 2. The molecule has 0 aliphatic carbocycles. The zero-order valence-corrected chi connectivity index (χ0v) is 8.56. The number of nitrogens with zero attached hydrogens (tertiary/aromatic N) is 2. The summed E-state index contributed by atoms with van der Waals surface area (Å²) in [5.41, 5.74) is 5.35. The van der Waals surface area contributed by atoms with Gasteiger partial charge in [-0.2, -0.15) is 0 Å². The van der Waals surface area contributed by atoms with Crippen LogP contribution in [0.25, 0.3) is 20.2 Å². The Labute approximate surface area is 87.0 Å². The van der Waals surface area contributed by atoms with E-state index in [4.69, 9.17) is 10.2 Å². The molecule has 0 aliphatic heterocycles. The Morgan fingerprint density at radius 3 is 2.93 bits per heavy atom. The second-order valence-electron chi connectivity index (χ2n) is 2.71. The summed E-state index contributed by atoms with van der Waals surface area (Å²) in [4.78, 5) is 0.969. The van der Waals surface area contributed by atoms with Crippen LogP contribution in [0.3, 0.4) is 0 Å². The van der Waals surface area contributed by atoms with Crippen molar-refractivity contribution in [3.63, 3.8) is 0 Å². The van der Waals surface area contributed by atoms with Gasteiger partial charge in [-0.15, -0.1) is 27.8 Å². The van der Waals surface area contributed by atoms with Crippen molar-refractivity contribution in [3.8, 4) is 10.8 Å². The van der Waals surface area contributed by atoms with Gasteiger partial charge in [0.15, 0.2) is 0 Å². The first-order valence-corrected chi connectivity index (χ1v) is 5.59. The van der Waals surface area contributed by atoms with E-state index in [9.17, 15) is 0 Å². The molecule has 0 aromatic carbocycles. The number of aromatic nitrogens is 2. The normalized spacial score (nSPS) is 11.1. The van der Waals surface area contributed by atoms with Crippen LogP contribution in [-0.2, 0) is 0 Å². The zero-order valence-electron chi connectivity index (χ0n) is 6.93. The highest BCUT2D eigenvalue weighted by Gasteiger charge is 2.10. The van der Waals surface area contributed by atoms with Gasteiger partial charge in [-0.3, -0.25) is 0 Å². The molecular formula is C8H5N3OS2. The van der Waals surface area contributed by atoms with Crippen molar-refractivity contribution < 1.29 is 4.42 Å². The maximum absolute atomic E-state index is 5.35. The van der Waals surface area contributed by atoms with Crippen molar-refractivity contribution in [2.24, 2.45) is 0 Å². The molecule has 0 saturated carbocycles. The summed E-state index contributed by atoms with van der Waals surface area (Å²) in [5, 5.41) is 9.52. The summed E-state index contributed by atoms with van der Waals surface area (Å²) in [6, 6.07) is 4.22. The van der Waals surface area contributed by atoms with Crippen LogP contribution in [0.2, 0.25) is 0 Å². The fourth-order valence-electron chi connectivity index (χ4n) is 1.21. The monoisotopic (exact) mass is 223 g/mol. The molecule has 3 aromatic heterocycles. The van der Waals surface area contributed by atoms with Crippen molar-refractivity contribution in [1.29, 1.82) is 0 Å². The lowest BCUT2D eigenvalue weighted by Gasteiger charge is -1.83. The number of hydrogen-bond donors (Lipinski definition) is 1. The third kappa shape index (κ3) is 1.11. The molecule has 0 bridgehead atoms. The van der Waals surface area contributed by atoms with Crippen molar-refractivity contribution in [3.05, 3.63) is 17.5 Å². The quantitative estimate of drug-likeness (QED) is 0.688. The van der Waals surface area contributed by atoms with Gasteiger partial charge in [-0.1, -0.05) is 5.10 Å². The molecular weight excluding hydrogens is 218 g/mol. The Morgan fingerprint density at radius 2 is 2.21 bits per heavy atom. The van der Waals surface area contributed by atoms with Crippen LogP contribution in [-0.4, -0.2) is 10.2 Å². The van der Waals surface area contributed by atoms with Gasteiger partial charge >= 0.3 is 6.01 Å². The summed E-state index contributed by atoms with van der Waals surface area (Å²) in [6.45, 7) is 0. The zero-order chi connectivity index (χ0) is 9.54. The molecule has 2 N–H and O–H groups in total. The van der Waals surface area contributed by atoms with E-state index >= 15 is 0 Å². The van der Waals surface area contributed by atoms with E-state index < -0.39 is 0 Å². The SMILES string of the molecule is Nc1nnc(-c2cc3sccc3s2)o1. The van der Waals surface area contributed by atoms with Gasteiger partial charge in [0.05, 0.1) is 4.88 Å². The Balaban J connectivity index is 2.18. The first-order valence-electron chi connectivity index (χ1n) is 3.89. The number of anilines is 1. The summed E-state index contributed by atoms with van der Waals surface area (Å²) >= 11 is 3.33. The van der Waals surface area contributed by atoms with Gasteiger partial charge < -0.3 is 10.2 Å². The molecule has 3 rings (SSSR count). The van der Waals surface area contributed by atoms with Gasteiger partial charge in [0, 0.05) is 9.40 Å². The van der Waals surface area contributed by atoms with Gasteiger partial charge in [0.2, 0.25) is 0 Å². The topological polar surface area (TPSA) is 64.9 Å². The molecule has 0 aliphatic rings. The Bertz CT molecular complexity index is 551. The summed E-state index contributed by atoms with van der Waals surface area (Å²) in [7, 11) is 0. The van der Waals surface area contributed by atoms with Gasteiger partial charge in [-0.05, 0) is 17.5 Å². The molecule has 0 saturated heterocycles. The minimum atomic E-state index is 0.108. The number of nitrogens with two attached hydrogens (primary N) is 1. The summed E-state index contributed by atoms with van der Waals surface area (Å²) < 4.78 is 7.61. The van der Waals surface area contributed by atoms with Crippen LogP contribution < -0.4 is 5.73 Å². The predicted molar refractivity (Wildman–Crippen MR) is 57.4 cm³/mol. The molecule has 0 spiro atoms. The lowest BCUT2D eigenvalue weighted by atomic mass is 10.4. The highest BCUT2D eigenvalue weighted by atomic mass is 32.1. The second-order valence-corrected chi connectivity index (χ2v) is 4.74. The number of rotatable bonds is 1. The van der Waals surface area contributed by atoms with Crippen molar-refractivity contribution >= 4 is 38.1 Å². The highest BCUT2D eigenvalue weighted by molar-refractivity contribution is 7.28. The standard InChI is InChI=1S/C8H5N3OS2/c9-8-11-10-7(12-8)6-3-5-4(14-6)1-2-13-5/h1-3H,(H2,9,11). The number of fused-ring (bicyclic) bond motifs is 1. The van der Waals surface area contributed by atoms with Gasteiger partial charge in [0.1, 0.15) is 0 Å². The fraction of sp³-hybridized carbons (Fsp3) is 0. The predicted octanol–water partition coefficient (Wildman–Crippen LogP) is 2.60. The highest BCUT2D eigenvalue weighted by Crippen LogP contribution is 2.35. The molecule has 0 atom stereocenters. The molecule has 70 valence electrons. The van der Waals surface area contributed by atoms with Crippen molar-refractivity contribution in [2.45, 2.75) is 0 Å². The summed E-state index contributed by atoms with van der Waals surface area (Å²) in [5.74, 6) is 0.496. The van der Waals surface area contributed by atoms with Crippen LogP contribution in [0, 0.1) is 0 Å². The molecule has 3 aromatic rings. The lowest BCUT2D eigenvalue weighted by Crippen LogP contribution is -1.81. The van der Waals surface area contributed by atoms with E-state index in [2.05, 4.69) is 21.6 Å². The summed E-state index contributed by atoms with van der Waals surface area (Å²) in [6.07, 6.45) is 0. The second kappa shape index (κ2) is 2.79. The Morgan fingerprint density at radius 1 is 1.29 bits per heavy atom. The molecule has 0 radical (unpaired) electrons. The van der Waals surface area contributed by atoms with Gasteiger partial charge in [0.25, 0.3) is 5.89 Å². The Kier molecular flexibility index (Phi) is 1.59. The van der Waals surface area contributed by atoms with E-state index in [0.29, 0.717) is 5.89 Å². The molecule has 4 nitrogen and oxygen atoms in total.